The van der Waals surface area contributed by atoms with E-state index in [1.165, 1.54) is 5.56 Å². The average molecular weight is 241 g/mol. The van der Waals surface area contributed by atoms with E-state index < -0.39 is 0 Å². The molecule has 0 bridgehead atoms. The van der Waals surface area contributed by atoms with Gasteiger partial charge in [-0.3, -0.25) is 0 Å². The summed E-state index contributed by atoms with van der Waals surface area (Å²) in [5.41, 5.74) is 1.23. The zero-order chi connectivity index (χ0) is 9.68. The lowest BCUT2D eigenvalue weighted by molar-refractivity contribution is -0.108. The number of halogens is 1. The molecule has 2 heteroatoms. The quantitative estimate of drug-likeness (QED) is 0.737. The summed E-state index contributed by atoms with van der Waals surface area (Å²) < 4.78 is 1.10. The van der Waals surface area contributed by atoms with Gasteiger partial charge in [-0.2, -0.15) is 0 Å². The van der Waals surface area contributed by atoms with Gasteiger partial charge in [0.25, 0.3) is 0 Å². The Balaban J connectivity index is 2.90. The second-order valence-corrected chi connectivity index (χ2v) is 3.88. The molecule has 0 spiro atoms. The Morgan fingerprint density at radius 2 is 2.15 bits per heavy atom. The van der Waals surface area contributed by atoms with Gasteiger partial charge in [0.1, 0.15) is 6.29 Å². The molecule has 1 atom stereocenters. The van der Waals surface area contributed by atoms with E-state index in [1.807, 2.05) is 18.2 Å². The highest BCUT2D eigenvalue weighted by molar-refractivity contribution is 9.10. The smallest absolute Gasteiger partial charge is 0.120 e. The van der Waals surface area contributed by atoms with Gasteiger partial charge in [0.15, 0.2) is 0 Å². The minimum absolute atomic E-state index is 0.355. The van der Waals surface area contributed by atoms with E-state index in [2.05, 4.69) is 28.9 Å². The van der Waals surface area contributed by atoms with Gasteiger partial charge in [0.05, 0.1) is 0 Å². The molecule has 1 aromatic rings. The third-order valence-electron chi connectivity index (χ3n) is 2.22. The van der Waals surface area contributed by atoms with E-state index in [9.17, 15) is 4.79 Å². The molecule has 0 aliphatic rings. The van der Waals surface area contributed by atoms with Crippen molar-refractivity contribution < 1.29 is 4.79 Å². The van der Waals surface area contributed by atoms with Crippen molar-refractivity contribution in [2.75, 3.05) is 0 Å². The summed E-state index contributed by atoms with van der Waals surface area (Å²) >= 11 is 3.49. The van der Waals surface area contributed by atoms with Crippen LogP contribution in [0.25, 0.3) is 0 Å². The van der Waals surface area contributed by atoms with Crippen LogP contribution in [0.5, 0.6) is 0 Å². The van der Waals surface area contributed by atoms with E-state index in [-0.39, 0.29) is 0 Å². The van der Waals surface area contributed by atoms with Crippen LogP contribution in [-0.4, -0.2) is 6.29 Å². The number of rotatable bonds is 4. The van der Waals surface area contributed by atoms with Crippen LogP contribution in [0.3, 0.4) is 0 Å². The highest BCUT2D eigenvalue weighted by Gasteiger charge is 2.10. The lowest BCUT2D eigenvalue weighted by Crippen LogP contribution is -1.98. The van der Waals surface area contributed by atoms with Gasteiger partial charge < -0.3 is 4.79 Å². The molecule has 0 radical (unpaired) electrons. The van der Waals surface area contributed by atoms with Gasteiger partial charge in [0, 0.05) is 10.9 Å². The predicted octanol–water partition coefficient (Wildman–Crippen LogP) is 3.53. The summed E-state index contributed by atoms with van der Waals surface area (Å²) in [4.78, 5) is 10.4. The maximum Gasteiger partial charge on any atom is 0.120 e. The first kappa shape index (κ1) is 10.5. The molecule has 0 aliphatic carbocycles. The van der Waals surface area contributed by atoms with Gasteiger partial charge in [-0.15, -0.1) is 0 Å². The highest BCUT2D eigenvalue weighted by atomic mass is 79.9. The van der Waals surface area contributed by atoms with E-state index >= 15 is 0 Å². The third kappa shape index (κ3) is 2.66. The fourth-order valence-corrected chi connectivity index (χ4v) is 2.04. The fourth-order valence-electron chi connectivity index (χ4n) is 1.44. The Morgan fingerprint density at radius 3 is 2.69 bits per heavy atom. The van der Waals surface area contributed by atoms with E-state index in [1.54, 1.807) is 0 Å². The van der Waals surface area contributed by atoms with Crippen molar-refractivity contribution in [3.05, 3.63) is 34.3 Å². The Morgan fingerprint density at radius 1 is 1.46 bits per heavy atom. The topological polar surface area (TPSA) is 17.1 Å². The Bertz CT molecular complexity index is 283. The lowest BCUT2D eigenvalue weighted by atomic mass is 9.94. The molecule has 0 aliphatic heterocycles. The molecule has 0 fully saturated rings. The van der Waals surface area contributed by atoms with Crippen LogP contribution in [0.15, 0.2) is 28.7 Å². The molecule has 1 rings (SSSR count). The van der Waals surface area contributed by atoms with Crippen molar-refractivity contribution >= 4 is 22.2 Å². The van der Waals surface area contributed by atoms with Crippen molar-refractivity contribution in [2.45, 2.75) is 25.7 Å². The first-order valence-corrected chi connectivity index (χ1v) is 5.27. The summed E-state index contributed by atoms with van der Waals surface area (Å²) in [6, 6.07) is 8.08. The molecule has 1 unspecified atom stereocenters. The molecule has 70 valence electrons. The molecule has 0 heterocycles. The molecule has 0 saturated heterocycles. The zero-order valence-corrected chi connectivity index (χ0v) is 9.25. The van der Waals surface area contributed by atoms with Crippen LogP contribution in [0.4, 0.5) is 0 Å². The second kappa shape index (κ2) is 5.18. The fraction of sp³-hybridized carbons (Fsp3) is 0.364. The number of aldehydes is 1. The summed E-state index contributed by atoms with van der Waals surface area (Å²) in [5.74, 6) is 0.355. The van der Waals surface area contributed by atoms with E-state index in [0.29, 0.717) is 12.3 Å². The van der Waals surface area contributed by atoms with Crippen molar-refractivity contribution in [1.82, 2.24) is 0 Å². The first-order chi connectivity index (χ1) is 6.29. The van der Waals surface area contributed by atoms with Crippen molar-refractivity contribution in [3.63, 3.8) is 0 Å². The summed E-state index contributed by atoms with van der Waals surface area (Å²) in [7, 11) is 0. The monoisotopic (exact) mass is 240 g/mol. The van der Waals surface area contributed by atoms with Crippen LogP contribution in [0, 0.1) is 0 Å². The molecular formula is C11H13BrO. The van der Waals surface area contributed by atoms with Crippen LogP contribution in [0.2, 0.25) is 0 Å². The SMILES string of the molecule is CCC(CC=O)c1ccccc1Br. The number of hydrogen-bond acceptors (Lipinski definition) is 1. The van der Waals surface area contributed by atoms with E-state index in [0.717, 1.165) is 17.2 Å². The standard InChI is InChI=1S/C11H13BrO/c1-2-9(7-8-13)10-5-3-4-6-11(10)12/h3-6,8-9H,2,7H2,1H3. The molecule has 0 aromatic heterocycles. The Labute approximate surface area is 87.3 Å². The maximum atomic E-state index is 10.4. The predicted molar refractivity (Wildman–Crippen MR) is 57.9 cm³/mol. The van der Waals surface area contributed by atoms with Crippen LogP contribution >= 0.6 is 15.9 Å². The average Bonchev–Trinajstić information content (AvgIpc) is 2.16. The maximum absolute atomic E-state index is 10.4. The molecule has 0 N–H and O–H groups in total. The number of carbonyl (C=O) groups is 1. The summed E-state index contributed by atoms with van der Waals surface area (Å²) in [6.45, 7) is 2.10. The van der Waals surface area contributed by atoms with Gasteiger partial charge in [-0.25, -0.2) is 0 Å². The molecule has 1 nitrogen and oxygen atoms in total. The Hall–Kier alpha value is -0.630. The van der Waals surface area contributed by atoms with Gasteiger partial charge >= 0.3 is 0 Å². The number of benzene rings is 1. The van der Waals surface area contributed by atoms with Gasteiger partial charge in [0.2, 0.25) is 0 Å². The minimum Gasteiger partial charge on any atom is -0.303 e. The highest BCUT2D eigenvalue weighted by Crippen LogP contribution is 2.28. The van der Waals surface area contributed by atoms with Crippen molar-refractivity contribution in [1.29, 1.82) is 0 Å². The molecule has 0 amide bonds. The Kier molecular flexibility index (Phi) is 4.16. The molecule has 0 saturated carbocycles. The van der Waals surface area contributed by atoms with Crippen molar-refractivity contribution in [3.8, 4) is 0 Å². The lowest BCUT2D eigenvalue weighted by Gasteiger charge is -2.13. The van der Waals surface area contributed by atoms with Gasteiger partial charge in [-0.1, -0.05) is 41.1 Å². The normalized spacial score (nSPS) is 12.5. The first-order valence-electron chi connectivity index (χ1n) is 4.47. The van der Waals surface area contributed by atoms with Crippen molar-refractivity contribution in [2.24, 2.45) is 0 Å². The molecule has 13 heavy (non-hydrogen) atoms. The second-order valence-electron chi connectivity index (χ2n) is 3.03. The van der Waals surface area contributed by atoms with Crippen LogP contribution in [-0.2, 0) is 4.79 Å². The number of carbonyl (C=O) groups excluding carboxylic acids is 1. The minimum atomic E-state index is 0.355. The van der Waals surface area contributed by atoms with Crippen LogP contribution < -0.4 is 0 Å². The van der Waals surface area contributed by atoms with E-state index in [4.69, 9.17) is 0 Å². The summed E-state index contributed by atoms with van der Waals surface area (Å²) in [5, 5.41) is 0. The largest absolute Gasteiger partial charge is 0.303 e. The van der Waals surface area contributed by atoms with Gasteiger partial charge in [-0.05, 0) is 24.0 Å². The summed E-state index contributed by atoms with van der Waals surface area (Å²) in [6.07, 6.45) is 2.61. The number of hydrogen-bond donors (Lipinski definition) is 0. The third-order valence-corrected chi connectivity index (χ3v) is 2.94. The zero-order valence-electron chi connectivity index (χ0n) is 7.66. The van der Waals surface area contributed by atoms with Crippen LogP contribution in [0.1, 0.15) is 31.2 Å². The molecular weight excluding hydrogens is 228 g/mol. The molecule has 1 aromatic carbocycles.